The Labute approximate surface area is 121 Å². The summed E-state index contributed by atoms with van der Waals surface area (Å²) in [5.74, 6) is 0.794. The quantitative estimate of drug-likeness (QED) is 0.542. The van der Waals surface area contributed by atoms with Crippen molar-refractivity contribution in [3.05, 3.63) is 70.4 Å². The molecule has 0 atom stereocenters. The van der Waals surface area contributed by atoms with E-state index in [1.165, 1.54) is 6.07 Å². The zero-order valence-electron chi connectivity index (χ0n) is 11.5. The number of para-hydroxylation sites is 1. The molecule has 5 nitrogen and oxygen atoms in total. The largest absolute Gasteiger partial charge is 0.497 e. The maximum atomic E-state index is 11.2. The van der Waals surface area contributed by atoms with E-state index < -0.39 is 0 Å². The molecule has 1 aromatic heterocycles. The Balaban J connectivity index is 2.02. The van der Waals surface area contributed by atoms with E-state index >= 15 is 0 Å². The van der Waals surface area contributed by atoms with Crippen LogP contribution in [0, 0.1) is 10.1 Å². The lowest BCUT2D eigenvalue weighted by molar-refractivity contribution is -0.383. The topological polar surface area (TPSA) is 57.3 Å². The van der Waals surface area contributed by atoms with Gasteiger partial charge in [0.25, 0.3) is 5.69 Å². The summed E-state index contributed by atoms with van der Waals surface area (Å²) in [5, 5.41) is 12.0. The van der Waals surface area contributed by atoms with Gasteiger partial charge in [-0.1, -0.05) is 24.3 Å². The van der Waals surface area contributed by atoms with E-state index in [0.717, 1.165) is 16.7 Å². The zero-order chi connectivity index (χ0) is 14.8. The maximum absolute atomic E-state index is 11.2. The predicted octanol–water partition coefficient (Wildman–Crippen LogP) is 3.61. The van der Waals surface area contributed by atoms with Gasteiger partial charge in [-0.05, 0) is 23.8 Å². The van der Waals surface area contributed by atoms with Crippen molar-refractivity contribution < 1.29 is 9.66 Å². The van der Waals surface area contributed by atoms with Crippen LogP contribution in [0.4, 0.5) is 5.69 Å². The molecular weight excluding hydrogens is 268 g/mol. The van der Waals surface area contributed by atoms with E-state index in [-0.39, 0.29) is 10.6 Å². The smallest absolute Gasteiger partial charge is 0.293 e. The van der Waals surface area contributed by atoms with Crippen LogP contribution in [0.1, 0.15) is 5.56 Å². The Morgan fingerprint density at radius 1 is 1.14 bits per heavy atom. The SMILES string of the molecule is COc1ccc(Cn2ccc3cccc([N+](=O)[O-])c32)cc1. The van der Waals surface area contributed by atoms with Gasteiger partial charge in [0.15, 0.2) is 0 Å². The van der Waals surface area contributed by atoms with Crippen molar-refractivity contribution in [1.82, 2.24) is 4.57 Å². The molecule has 0 aliphatic carbocycles. The molecule has 0 fully saturated rings. The molecule has 0 aliphatic rings. The van der Waals surface area contributed by atoms with Gasteiger partial charge in [-0.3, -0.25) is 10.1 Å². The Morgan fingerprint density at radius 2 is 1.90 bits per heavy atom. The van der Waals surface area contributed by atoms with Crippen molar-refractivity contribution in [2.24, 2.45) is 0 Å². The number of hydrogen-bond donors (Lipinski definition) is 0. The van der Waals surface area contributed by atoms with Gasteiger partial charge in [-0.15, -0.1) is 0 Å². The molecule has 3 aromatic rings. The summed E-state index contributed by atoms with van der Waals surface area (Å²) < 4.78 is 7.03. The molecular formula is C16H14N2O3. The van der Waals surface area contributed by atoms with Crippen molar-refractivity contribution in [3.63, 3.8) is 0 Å². The molecule has 106 valence electrons. The summed E-state index contributed by atoms with van der Waals surface area (Å²) >= 11 is 0. The van der Waals surface area contributed by atoms with E-state index in [0.29, 0.717) is 12.1 Å². The molecule has 0 amide bonds. The number of methoxy groups -OCH3 is 1. The summed E-state index contributed by atoms with van der Waals surface area (Å²) in [5.41, 5.74) is 1.84. The fraction of sp³-hybridized carbons (Fsp3) is 0.125. The van der Waals surface area contributed by atoms with Gasteiger partial charge in [-0.2, -0.15) is 0 Å². The van der Waals surface area contributed by atoms with Crippen LogP contribution >= 0.6 is 0 Å². The highest BCUT2D eigenvalue weighted by Gasteiger charge is 2.15. The van der Waals surface area contributed by atoms with Gasteiger partial charge in [-0.25, -0.2) is 0 Å². The van der Waals surface area contributed by atoms with E-state index in [4.69, 9.17) is 4.74 Å². The lowest BCUT2D eigenvalue weighted by Crippen LogP contribution is -2.00. The van der Waals surface area contributed by atoms with E-state index in [1.54, 1.807) is 13.2 Å². The minimum atomic E-state index is -0.340. The Kier molecular flexibility index (Phi) is 3.31. The molecule has 0 unspecified atom stereocenters. The molecule has 0 aliphatic heterocycles. The first-order chi connectivity index (χ1) is 10.2. The Morgan fingerprint density at radius 3 is 2.57 bits per heavy atom. The molecule has 0 spiro atoms. The number of rotatable bonds is 4. The molecule has 0 bridgehead atoms. The second-order valence-electron chi connectivity index (χ2n) is 4.76. The standard InChI is InChI=1S/C16H14N2O3/c1-21-14-7-5-12(6-8-14)11-17-10-9-13-3-2-4-15(16(13)17)18(19)20/h2-10H,11H2,1H3. The number of hydrogen-bond acceptors (Lipinski definition) is 3. The molecule has 0 N–H and O–H groups in total. The fourth-order valence-corrected chi connectivity index (χ4v) is 2.45. The molecule has 1 heterocycles. The lowest BCUT2D eigenvalue weighted by atomic mass is 10.2. The van der Waals surface area contributed by atoms with Gasteiger partial charge in [0.05, 0.1) is 12.0 Å². The minimum Gasteiger partial charge on any atom is -0.497 e. The number of aromatic nitrogens is 1. The minimum absolute atomic E-state index is 0.131. The summed E-state index contributed by atoms with van der Waals surface area (Å²) in [7, 11) is 1.62. The number of ether oxygens (including phenoxy) is 1. The molecule has 0 radical (unpaired) electrons. The molecule has 2 aromatic carbocycles. The van der Waals surface area contributed by atoms with Gasteiger partial charge in [0.1, 0.15) is 11.3 Å². The van der Waals surface area contributed by atoms with Gasteiger partial charge < -0.3 is 9.30 Å². The van der Waals surface area contributed by atoms with Crippen LogP contribution < -0.4 is 4.74 Å². The van der Waals surface area contributed by atoms with Crippen LogP contribution in [0.15, 0.2) is 54.7 Å². The highest BCUT2D eigenvalue weighted by atomic mass is 16.6. The summed E-state index contributed by atoms with van der Waals surface area (Å²) in [6.07, 6.45) is 1.88. The van der Waals surface area contributed by atoms with Crippen molar-refractivity contribution in [1.29, 1.82) is 0 Å². The fourth-order valence-electron chi connectivity index (χ4n) is 2.45. The van der Waals surface area contributed by atoms with Crippen LogP contribution in [0.25, 0.3) is 10.9 Å². The number of nitro benzene ring substituents is 1. The van der Waals surface area contributed by atoms with E-state index in [2.05, 4.69) is 0 Å². The van der Waals surface area contributed by atoms with Crippen LogP contribution in [0.3, 0.4) is 0 Å². The average Bonchev–Trinajstić information content (AvgIpc) is 2.91. The molecule has 5 heteroatoms. The molecule has 21 heavy (non-hydrogen) atoms. The second-order valence-corrected chi connectivity index (χ2v) is 4.76. The third-order valence-corrected chi connectivity index (χ3v) is 3.48. The van der Waals surface area contributed by atoms with E-state index in [9.17, 15) is 10.1 Å². The Hall–Kier alpha value is -2.82. The second kappa shape index (κ2) is 5.28. The zero-order valence-corrected chi connectivity index (χ0v) is 11.5. The summed E-state index contributed by atoms with van der Waals surface area (Å²) in [6, 6.07) is 14.7. The predicted molar refractivity (Wildman–Crippen MR) is 80.7 cm³/mol. The molecule has 0 saturated heterocycles. The third-order valence-electron chi connectivity index (χ3n) is 3.48. The first kappa shape index (κ1) is 13.2. The van der Waals surface area contributed by atoms with Crippen LogP contribution in [0.5, 0.6) is 5.75 Å². The first-order valence-corrected chi connectivity index (χ1v) is 6.54. The van der Waals surface area contributed by atoms with Gasteiger partial charge in [0.2, 0.25) is 0 Å². The third kappa shape index (κ3) is 2.45. The maximum Gasteiger partial charge on any atom is 0.293 e. The number of nitrogens with zero attached hydrogens (tertiary/aromatic N) is 2. The monoisotopic (exact) mass is 282 g/mol. The van der Waals surface area contributed by atoms with Crippen LogP contribution in [0.2, 0.25) is 0 Å². The first-order valence-electron chi connectivity index (χ1n) is 6.54. The summed E-state index contributed by atoms with van der Waals surface area (Å²) in [4.78, 5) is 10.8. The summed E-state index contributed by atoms with van der Waals surface area (Å²) in [6.45, 7) is 0.582. The number of benzene rings is 2. The molecule has 0 saturated carbocycles. The normalized spacial score (nSPS) is 10.7. The van der Waals surface area contributed by atoms with Crippen molar-refractivity contribution in [3.8, 4) is 5.75 Å². The number of nitro groups is 1. The van der Waals surface area contributed by atoms with Crippen LogP contribution in [-0.2, 0) is 6.54 Å². The lowest BCUT2D eigenvalue weighted by Gasteiger charge is -2.07. The van der Waals surface area contributed by atoms with Gasteiger partial charge >= 0.3 is 0 Å². The number of non-ortho nitro benzene ring substituents is 1. The van der Waals surface area contributed by atoms with Crippen LogP contribution in [-0.4, -0.2) is 16.6 Å². The highest BCUT2D eigenvalue weighted by molar-refractivity contribution is 5.88. The van der Waals surface area contributed by atoms with E-state index in [1.807, 2.05) is 47.2 Å². The molecule has 3 rings (SSSR count). The average molecular weight is 282 g/mol. The van der Waals surface area contributed by atoms with Gasteiger partial charge in [0, 0.05) is 24.2 Å². The Bertz CT molecular complexity index is 791. The van der Waals surface area contributed by atoms with Crippen molar-refractivity contribution >= 4 is 16.6 Å². The highest BCUT2D eigenvalue weighted by Crippen LogP contribution is 2.27. The van der Waals surface area contributed by atoms with Crippen molar-refractivity contribution in [2.45, 2.75) is 6.54 Å². The van der Waals surface area contributed by atoms with Crippen molar-refractivity contribution in [2.75, 3.05) is 7.11 Å². The number of fused-ring (bicyclic) bond motifs is 1.